The maximum atomic E-state index is 12.7. The molecule has 0 saturated carbocycles. The predicted octanol–water partition coefficient (Wildman–Crippen LogP) is 19.5. The maximum absolute atomic E-state index is 12.7. The van der Waals surface area contributed by atoms with Gasteiger partial charge in [0, 0.05) is 19.3 Å². The first-order valence-electron chi connectivity index (χ1n) is 28.9. The van der Waals surface area contributed by atoms with Crippen LogP contribution in [0.25, 0.3) is 0 Å². The Bertz CT molecular complexity index is 1440. The van der Waals surface area contributed by atoms with Crippen LogP contribution in [0, 0.1) is 0 Å². The Morgan fingerprint density at radius 3 is 0.871 bits per heavy atom. The lowest BCUT2D eigenvalue weighted by molar-refractivity contribution is -0.167. The molecule has 0 aliphatic heterocycles. The summed E-state index contributed by atoms with van der Waals surface area (Å²) in [4.78, 5) is 37.8. The summed E-state index contributed by atoms with van der Waals surface area (Å²) in [7, 11) is 0. The SMILES string of the molecule is CC/C=C\C/C=C\C/C=C\C/C=C\C/C=C\C/C=C\C/C=C\C/C=C\C/C=C\CCCCCCCCCC(=O)OCC(COC(=O)CCCCCCCCC)OC(=O)CCCCCCCCCCCC. The molecular weight excluding hydrogens is 865 g/mol. The summed E-state index contributed by atoms with van der Waals surface area (Å²) < 4.78 is 16.7. The van der Waals surface area contributed by atoms with Crippen molar-refractivity contribution >= 4 is 17.9 Å². The zero-order valence-electron chi connectivity index (χ0n) is 45.5. The molecule has 70 heavy (non-hydrogen) atoms. The second-order valence-corrected chi connectivity index (χ2v) is 18.8. The van der Waals surface area contributed by atoms with Gasteiger partial charge in [-0.25, -0.2) is 0 Å². The highest BCUT2D eigenvalue weighted by Crippen LogP contribution is 2.14. The van der Waals surface area contributed by atoms with Crippen LogP contribution in [0.5, 0.6) is 0 Å². The van der Waals surface area contributed by atoms with Gasteiger partial charge in [0.05, 0.1) is 0 Å². The summed E-state index contributed by atoms with van der Waals surface area (Å²) in [6.45, 7) is 6.45. The zero-order chi connectivity index (χ0) is 50.7. The first-order chi connectivity index (χ1) is 34.5. The molecule has 0 saturated heterocycles. The molecule has 0 bridgehead atoms. The van der Waals surface area contributed by atoms with E-state index in [-0.39, 0.29) is 31.1 Å². The fourth-order valence-corrected chi connectivity index (χ4v) is 7.73. The molecule has 0 fully saturated rings. The van der Waals surface area contributed by atoms with Crippen LogP contribution in [0.3, 0.4) is 0 Å². The molecule has 0 spiro atoms. The van der Waals surface area contributed by atoms with Crippen molar-refractivity contribution in [1.82, 2.24) is 0 Å². The number of ether oxygens (including phenoxy) is 3. The molecule has 0 N–H and O–H groups in total. The quantitative estimate of drug-likeness (QED) is 0.0262. The smallest absolute Gasteiger partial charge is 0.306 e. The van der Waals surface area contributed by atoms with E-state index in [0.717, 1.165) is 122 Å². The summed E-state index contributed by atoms with van der Waals surface area (Å²) >= 11 is 0. The van der Waals surface area contributed by atoms with Crippen LogP contribution in [-0.2, 0) is 28.6 Å². The van der Waals surface area contributed by atoms with Crippen LogP contribution in [0.2, 0.25) is 0 Å². The molecule has 1 atom stereocenters. The monoisotopic (exact) mass is 971 g/mol. The van der Waals surface area contributed by atoms with Gasteiger partial charge in [-0.05, 0) is 89.9 Å². The number of esters is 3. The van der Waals surface area contributed by atoms with Crippen molar-refractivity contribution in [3.63, 3.8) is 0 Å². The number of rotatable bonds is 51. The predicted molar refractivity (Wildman–Crippen MR) is 302 cm³/mol. The fraction of sp³-hybridized carbons (Fsp3) is 0.672. The van der Waals surface area contributed by atoms with E-state index in [2.05, 4.69) is 130 Å². The average Bonchev–Trinajstić information content (AvgIpc) is 3.36. The van der Waals surface area contributed by atoms with Gasteiger partial charge < -0.3 is 14.2 Å². The Labute approximate surface area is 431 Å². The van der Waals surface area contributed by atoms with Crippen LogP contribution in [0.4, 0.5) is 0 Å². The average molecular weight is 972 g/mol. The molecule has 0 aromatic rings. The molecule has 0 aromatic carbocycles. The van der Waals surface area contributed by atoms with Gasteiger partial charge in [0.25, 0.3) is 0 Å². The Kier molecular flexibility index (Phi) is 54.4. The van der Waals surface area contributed by atoms with Crippen molar-refractivity contribution < 1.29 is 28.6 Å². The number of carbonyl (C=O) groups excluding carboxylic acids is 3. The van der Waals surface area contributed by atoms with Crippen molar-refractivity contribution in [1.29, 1.82) is 0 Å². The topological polar surface area (TPSA) is 78.9 Å². The van der Waals surface area contributed by atoms with Crippen LogP contribution in [0.1, 0.15) is 258 Å². The van der Waals surface area contributed by atoms with Gasteiger partial charge in [-0.1, -0.05) is 259 Å². The second kappa shape index (κ2) is 57.6. The Morgan fingerprint density at radius 1 is 0.300 bits per heavy atom. The van der Waals surface area contributed by atoms with Gasteiger partial charge in [0.1, 0.15) is 13.2 Å². The maximum Gasteiger partial charge on any atom is 0.306 e. The van der Waals surface area contributed by atoms with Crippen LogP contribution in [-0.4, -0.2) is 37.2 Å². The molecular formula is C64H106O6. The van der Waals surface area contributed by atoms with E-state index < -0.39 is 6.10 Å². The molecule has 0 heterocycles. The standard InChI is InChI=1S/C64H106O6/c1-4-7-10-13-16-18-20-21-22-23-24-25-26-27-28-29-30-31-32-33-34-35-36-37-38-39-40-41-42-43-44-46-48-51-54-57-63(66)69-60-61(59-68-62(65)56-53-50-47-15-12-9-6-3)70-64(67)58-55-52-49-45-19-17-14-11-8-5-2/h7,10,16,18,21-22,24-25,27-28,30-31,33-34,36-37,39-40,61H,4-6,8-9,11-15,17,19-20,23,26,29,32,35,38,41-60H2,1-3H3/b10-7-,18-16-,22-21-,25-24-,28-27-,31-30-,34-33-,37-36-,40-39-. The van der Waals surface area contributed by atoms with Gasteiger partial charge in [-0.15, -0.1) is 0 Å². The number of unbranched alkanes of at least 4 members (excludes halogenated alkanes) is 22. The first-order valence-corrected chi connectivity index (χ1v) is 28.9. The summed E-state index contributed by atoms with van der Waals surface area (Å²) in [6, 6.07) is 0. The molecule has 0 rings (SSSR count). The van der Waals surface area contributed by atoms with Crippen LogP contribution >= 0.6 is 0 Å². The third-order valence-electron chi connectivity index (χ3n) is 12.0. The van der Waals surface area contributed by atoms with Crippen molar-refractivity contribution in [3.8, 4) is 0 Å². The highest BCUT2D eigenvalue weighted by Gasteiger charge is 2.19. The van der Waals surface area contributed by atoms with Gasteiger partial charge in [-0.3, -0.25) is 14.4 Å². The van der Waals surface area contributed by atoms with Gasteiger partial charge >= 0.3 is 17.9 Å². The van der Waals surface area contributed by atoms with Crippen LogP contribution < -0.4 is 0 Å². The van der Waals surface area contributed by atoms with E-state index in [4.69, 9.17) is 14.2 Å². The third-order valence-corrected chi connectivity index (χ3v) is 12.0. The van der Waals surface area contributed by atoms with Gasteiger partial charge in [0.15, 0.2) is 6.10 Å². The molecule has 0 aromatic heterocycles. The number of hydrogen-bond donors (Lipinski definition) is 0. The molecule has 398 valence electrons. The molecule has 6 nitrogen and oxygen atoms in total. The zero-order valence-corrected chi connectivity index (χ0v) is 45.5. The minimum absolute atomic E-state index is 0.0790. The van der Waals surface area contributed by atoms with Crippen molar-refractivity contribution in [2.45, 2.75) is 264 Å². The minimum Gasteiger partial charge on any atom is -0.462 e. The van der Waals surface area contributed by atoms with Crippen LogP contribution in [0.15, 0.2) is 109 Å². The molecule has 0 aliphatic carbocycles. The normalized spacial score (nSPS) is 12.9. The third kappa shape index (κ3) is 55.0. The van der Waals surface area contributed by atoms with E-state index in [0.29, 0.717) is 19.3 Å². The molecule has 0 aliphatic rings. The van der Waals surface area contributed by atoms with Gasteiger partial charge in [-0.2, -0.15) is 0 Å². The highest BCUT2D eigenvalue weighted by atomic mass is 16.6. The number of carbonyl (C=O) groups is 3. The highest BCUT2D eigenvalue weighted by molar-refractivity contribution is 5.71. The lowest BCUT2D eigenvalue weighted by Crippen LogP contribution is -2.30. The van der Waals surface area contributed by atoms with Crippen molar-refractivity contribution in [2.75, 3.05) is 13.2 Å². The van der Waals surface area contributed by atoms with Crippen molar-refractivity contribution in [3.05, 3.63) is 109 Å². The summed E-state index contributed by atoms with van der Waals surface area (Å²) in [5, 5.41) is 0. The molecule has 0 amide bonds. The van der Waals surface area contributed by atoms with Gasteiger partial charge in [0.2, 0.25) is 0 Å². The Balaban J connectivity index is 4.07. The Hall–Kier alpha value is -3.93. The van der Waals surface area contributed by atoms with E-state index >= 15 is 0 Å². The summed E-state index contributed by atoms with van der Waals surface area (Å²) in [6.07, 6.45) is 78.3. The first kappa shape index (κ1) is 66.1. The molecule has 1 unspecified atom stereocenters. The fourth-order valence-electron chi connectivity index (χ4n) is 7.73. The lowest BCUT2D eigenvalue weighted by atomic mass is 10.1. The van der Waals surface area contributed by atoms with E-state index in [1.54, 1.807) is 0 Å². The molecule has 0 radical (unpaired) electrons. The van der Waals surface area contributed by atoms with E-state index in [1.165, 1.54) is 96.3 Å². The van der Waals surface area contributed by atoms with Crippen molar-refractivity contribution in [2.24, 2.45) is 0 Å². The Morgan fingerprint density at radius 2 is 0.557 bits per heavy atom. The number of allylic oxidation sites excluding steroid dienone is 18. The van der Waals surface area contributed by atoms with E-state index in [1.807, 2.05) is 0 Å². The largest absolute Gasteiger partial charge is 0.462 e. The number of hydrogen-bond acceptors (Lipinski definition) is 6. The lowest BCUT2D eigenvalue weighted by Gasteiger charge is -2.18. The van der Waals surface area contributed by atoms with E-state index in [9.17, 15) is 14.4 Å². The second-order valence-electron chi connectivity index (χ2n) is 18.8. The molecule has 6 heteroatoms. The summed E-state index contributed by atoms with van der Waals surface area (Å²) in [5.41, 5.74) is 0. The minimum atomic E-state index is -0.776. The summed E-state index contributed by atoms with van der Waals surface area (Å²) in [5.74, 6) is -0.900.